The van der Waals surface area contributed by atoms with Gasteiger partial charge in [-0.05, 0) is 12.8 Å². The number of carbonyl (C=O) groups excluding carboxylic acids is 3. The molecule has 118 valence electrons. The maximum absolute atomic E-state index is 11.7. The van der Waals surface area contributed by atoms with Crippen molar-refractivity contribution in [3.63, 3.8) is 0 Å². The van der Waals surface area contributed by atoms with E-state index in [0.717, 1.165) is 25.7 Å². The Morgan fingerprint density at radius 3 is 2.33 bits per heavy atom. The van der Waals surface area contributed by atoms with Crippen molar-refractivity contribution in [1.29, 1.82) is 0 Å². The van der Waals surface area contributed by atoms with Crippen molar-refractivity contribution in [3.8, 4) is 0 Å². The van der Waals surface area contributed by atoms with Crippen LogP contribution in [-0.4, -0.2) is 41.4 Å². The topological polar surface area (TPSA) is 139 Å². The zero-order valence-electron chi connectivity index (χ0n) is 11.8. The van der Waals surface area contributed by atoms with Crippen LogP contribution in [0.1, 0.15) is 38.5 Å². The van der Waals surface area contributed by atoms with Crippen molar-refractivity contribution in [2.24, 2.45) is 11.7 Å². The highest BCUT2D eigenvalue weighted by Crippen LogP contribution is 2.24. The van der Waals surface area contributed by atoms with Gasteiger partial charge in [-0.2, -0.15) is 0 Å². The highest BCUT2D eigenvalue weighted by atomic mass is 16.4. The molecule has 1 aliphatic carbocycles. The van der Waals surface area contributed by atoms with Crippen LogP contribution in [0.5, 0.6) is 0 Å². The standard InChI is InChI=1S/C13H21N3O5/c14-10(17)7-9(13(20)21)16-11(18)5-6-15-12(19)8-3-1-2-4-8/h8-9H,1-7H2,(H2,14,17)(H,15,19)(H,16,18)(H,20,21). The van der Waals surface area contributed by atoms with E-state index in [-0.39, 0.29) is 24.8 Å². The maximum atomic E-state index is 11.7. The van der Waals surface area contributed by atoms with Gasteiger partial charge in [0.25, 0.3) is 0 Å². The lowest BCUT2D eigenvalue weighted by Gasteiger charge is -2.13. The van der Waals surface area contributed by atoms with E-state index in [1.807, 2.05) is 0 Å². The molecule has 21 heavy (non-hydrogen) atoms. The minimum Gasteiger partial charge on any atom is -0.480 e. The largest absolute Gasteiger partial charge is 0.480 e. The zero-order chi connectivity index (χ0) is 15.8. The van der Waals surface area contributed by atoms with Crippen LogP contribution in [0.2, 0.25) is 0 Å². The van der Waals surface area contributed by atoms with Gasteiger partial charge in [-0.1, -0.05) is 12.8 Å². The van der Waals surface area contributed by atoms with Gasteiger partial charge in [0.15, 0.2) is 0 Å². The third-order valence-electron chi connectivity index (χ3n) is 3.42. The summed E-state index contributed by atoms with van der Waals surface area (Å²) in [6.45, 7) is 0.143. The molecule has 1 aliphatic rings. The van der Waals surface area contributed by atoms with Crippen LogP contribution in [0.4, 0.5) is 0 Å². The molecular formula is C13H21N3O5. The second-order valence-electron chi connectivity index (χ2n) is 5.15. The van der Waals surface area contributed by atoms with E-state index in [9.17, 15) is 19.2 Å². The van der Waals surface area contributed by atoms with Gasteiger partial charge in [0.05, 0.1) is 6.42 Å². The summed E-state index contributed by atoms with van der Waals surface area (Å²) < 4.78 is 0. The van der Waals surface area contributed by atoms with E-state index < -0.39 is 30.2 Å². The zero-order valence-corrected chi connectivity index (χ0v) is 11.8. The minimum absolute atomic E-state index is 0.0229. The molecule has 1 fully saturated rings. The molecular weight excluding hydrogens is 278 g/mol. The number of primary amides is 1. The Bertz CT molecular complexity index is 418. The molecule has 1 rings (SSSR count). The molecule has 0 aromatic rings. The number of nitrogens with one attached hydrogen (secondary N) is 2. The van der Waals surface area contributed by atoms with Gasteiger partial charge >= 0.3 is 5.97 Å². The van der Waals surface area contributed by atoms with E-state index >= 15 is 0 Å². The predicted octanol–water partition coefficient (Wildman–Crippen LogP) is -0.872. The van der Waals surface area contributed by atoms with Crippen LogP contribution in [-0.2, 0) is 19.2 Å². The SMILES string of the molecule is NC(=O)CC(NC(=O)CCNC(=O)C1CCCC1)C(=O)O. The number of hydrogen-bond donors (Lipinski definition) is 4. The smallest absolute Gasteiger partial charge is 0.326 e. The van der Waals surface area contributed by atoms with Crippen LogP contribution < -0.4 is 16.4 Å². The van der Waals surface area contributed by atoms with Crippen molar-refractivity contribution in [2.45, 2.75) is 44.6 Å². The summed E-state index contributed by atoms with van der Waals surface area (Å²) >= 11 is 0. The summed E-state index contributed by atoms with van der Waals surface area (Å²) in [5, 5.41) is 13.7. The van der Waals surface area contributed by atoms with Gasteiger partial charge in [-0.3, -0.25) is 14.4 Å². The molecule has 1 unspecified atom stereocenters. The summed E-state index contributed by atoms with van der Waals surface area (Å²) in [5.74, 6) is -2.72. The number of carbonyl (C=O) groups is 4. The fourth-order valence-corrected chi connectivity index (χ4v) is 2.30. The first-order valence-corrected chi connectivity index (χ1v) is 6.98. The van der Waals surface area contributed by atoms with Crippen LogP contribution in [0.15, 0.2) is 0 Å². The monoisotopic (exact) mass is 299 g/mol. The first-order chi connectivity index (χ1) is 9.90. The Morgan fingerprint density at radius 2 is 1.81 bits per heavy atom. The summed E-state index contributed by atoms with van der Waals surface area (Å²) in [4.78, 5) is 44.8. The molecule has 5 N–H and O–H groups in total. The fraction of sp³-hybridized carbons (Fsp3) is 0.692. The molecule has 8 nitrogen and oxygen atoms in total. The summed E-state index contributed by atoms with van der Waals surface area (Å²) in [6.07, 6.45) is 3.34. The quantitative estimate of drug-likeness (QED) is 0.461. The molecule has 3 amide bonds. The predicted molar refractivity (Wildman–Crippen MR) is 73.0 cm³/mol. The molecule has 1 saturated carbocycles. The Labute approximate surface area is 122 Å². The van der Waals surface area contributed by atoms with Gasteiger partial charge in [-0.15, -0.1) is 0 Å². The van der Waals surface area contributed by atoms with Crippen LogP contribution >= 0.6 is 0 Å². The van der Waals surface area contributed by atoms with Crippen LogP contribution in [0.3, 0.4) is 0 Å². The number of carboxylic acids is 1. The second kappa shape index (κ2) is 8.23. The molecule has 0 saturated heterocycles. The molecule has 0 aromatic heterocycles. The Hall–Kier alpha value is -2.12. The minimum atomic E-state index is -1.33. The molecule has 0 radical (unpaired) electrons. The van der Waals surface area contributed by atoms with Crippen molar-refractivity contribution in [2.75, 3.05) is 6.54 Å². The van der Waals surface area contributed by atoms with Crippen LogP contribution in [0.25, 0.3) is 0 Å². The highest BCUT2D eigenvalue weighted by Gasteiger charge is 2.23. The van der Waals surface area contributed by atoms with Crippen molar-refractivity contribution in [3.05, 3.63) is 0 Å². The number of amides is 3. The third-order valence-corrected chi connectivity index (χ3v) is 3.42. The normalized spacial score (nSPS) is 16.2. The summed E-state index contributed by atoms with van der Waals surface area (Å²) in [6, 6.07) is -1.33. The highest BCUT2D eigenvalue weighted by molar-refractivity contribution is 5.88. The first kappa shape index (κ1) is 16.9. The lowest BCUT2D eigenvalue weighted by molar-refractivity contribution is -0.143. The Morgan fingerprint density at radius 1 is 1.19 bits per heavy atom. The van der Waals surface area contributed by atoms with E-state index in [2.05, 4.69) is 10.6 Å². The fourth-order valence-electron chi connectivity index (χ4n) is 2.30. The van der Waals surface area contributed by atoms with Crippen molar-refractivity contribution >= 4 is 23.7 Å². The van der Waals surface area contributed by atoms with Gasteiger partial charge in [0.1, 0.15) is 6.04 Å². The van der Waals surface area contributed by atoms with Crippen molar-refractivity contribution in [1.82, 2.24) is 10.6 Å². The Kier molecular flexibility index (Phi) is 6.64. The second-order valence-corrected chi connectivity index (χ2v) is 5.15. The van der Waals surface area contributed by atoms with Crippen molar-refractivity contribution < 1.29 is 24.3 Å². The lowest BCUT2D eigenvalue weighted by atomic mass is 10.1. The average molecular weight is 299 g/mol. The molecule has 0 heterocycles. The molecule has 1 atom stereocenters. The third kappa shape index (κ3) is 6.24. The van der Waals surface area contributed by atoms with E-state index in [1.165, 1.54) is 0 Å². The number of nitrogens with two attached hydrogens (primary N) is 1. The van der Waals surface area contributed by atoms with Gasteiger partial charge in [0, 0.05) is 18.9 Å². The van der Waals surface area contributed by atoms with Gasteiger partial charge < -0.3 is 21.5 Å². The van der Waals surface area contributed by atoms with E-state index in [4.69, 9.17) is 10.8 Å². The lowest BCUT2D eigenvalue weighted by Crippen LogP contribution is -2.44. The first-order valence-electron chi connectivity index (χ1n) is 6.98. The summed E-state index contributed by atoms with van der Waals surface area (Å²) in [7, 11) is 0. The molecule has 0 aromatic carbocycles. The van der Waals surface area contributed by atoms with Gasteiger partial charge in [0.2, 0.25) is 17.7 Å². The van der Waals surface area contributed by atoms with Gasteiger partial charge in [-0.25, -0.2) is 4.79 Å². The number of carboxylic acid groups (broad SMARTS) is 1. The Balaban J connectivity index is 2.27. The molecule has 8 heteroatoms. The summed E-state index contributed by atoms with van der Waals surface area (Å²) in [5.41, 5.74) is 4.91. The number of aliphatic carboxylic acids is 1. The molecule has 0 spiro atoms. The van der Waals surface area contributed by atoms with E-state index in [0.29, 0.717) is 0 Å². The molecule has 0 bridgehead atoms. The number of rotatable bonds is 8. The molecule has 0 aliphatic heterocycles. The van der Waals surface area contributed by atoms with Crippen LogP contribution in [0, 0.1) is 5.92 Å². The maximum Gasteiger partial charge on any atom is 0.326 e. The van der Waals surface area contributed by atoms with E-state index in [1.54, 1.807) is 0 Å². The number of hydrogen-bond acceptors (Lipinski definition) is 4. The average Bonchev–Trinajstić information content (AvgIpc) is 2.91.